The molecule has 0 N–H and O–H groups in total. The Bertz CT molecular complexity index is 287. The lowest BCUT2D eigenvalue weighted by molar-refractivity contribution is 0.521. The monoisotopic (exact) mass is 177 g/mol. The van der Waals surface area contributed by atoms with Gasteiger partial charge in [-0.1, -0.05) is 13.8 Å². The zero-order valence-electron chi connectivity index (χ0n) is 8.20. The zero-order chi connectivity index (χ0) is 9.26. The molecule has 0 fully saturated rings. The summed E-state index contributed by atoms with van der Waals surface area (Å²) >= 11 is 0. The summed E-state index contributed by atoms with van der Waals surface area (Å²) in [6.07, 6.45) is 4.99. The molecule has 0 amide bonds. The number of amidine groups is 2. The molecule has 0 bridgehead atoms. The van der Waals surface area contributed by atoms with Crippen LogP contribution in [0.15, 0.2) is 22.3 Å². The Balaban J connectivity index is 2.29. The first-order valence-corrected chi connectivity index (χ1v) is 4.85. The van der Waals surface area contributed by atoms with E-state index >= 15 is 0 Å². The van der Waals surface area contributed by atoms with Gasteiger partial charge in [0.1, 0.15) is 11.7 Å². The SMILES string of the molecule is CC(C)C1=NC=CC2=NCCCN21. The normalized spacial score (nSPS) is 21.3. The second-order valence-corrected chi connectivity index (χ2v) is 3.70. The summed E-state index contributed by atoms with van der Waals surface area (Å²) in [7, 11) is 0. The summed E-state index contributed by atoms with van der Waals surface area (Å²) in [6.45, 7) is 6.37. The maximum Gasteiger partial charge on any atom is 0.130 e. The lowest BCUT2D eigenvalue weighted by atomic mass is 10.1. The third-order valence-corrected chi connectivity index (χ3v) is 2.31. The van der Waals surface area contributed by atoms with Gasteiger partial charge in [0.05, 0.1) is 0 Å². The third-order valence-electron chi connectivity index (χ3n) is 2.31. The summed E-state index contributed by atoms with van der Waals surface area (Å²) in [6, 6.07) is 0. The molecule has 0 radical (unpaired) electrons. The second-order valence-electron chi connectivity index (χ2n) is 3.70. The van der Waals surface area contributed by atoms with Crippen molar-refractivity contribution in [3.8, 4) is 0 Å². The van der Waals surface area contributed by atoms with E-state index in [-0.39, 0.29) is 0 Å². The highest BCUT2D eigenvalue weighted by molar-refractivity contribution is 6.08. The van der Waals surface area contributed by atoms with Gasteiger partial charge in [-0.05, 0) is 12.5 Å². The van der Waals surface area contributed by atoms with E-state index in [1.165, 1.54) is 0 Å². The van der Waals surface area contributed by atoms with Gasteiger partial charge in [-0.25, -0.2) is 4.99 Å². The molecule has 0 atom stereocenters. The van der Waals surface area contributed by atoms with Gasteiger partial charge in [-0.2, -0.15) is 0 Å². The maximum absolute atomic E-state index is 4.46. The number of hydrogen-bond donors (Lipinski definition) is 0. The fourth-order valence-electron chi connectivity index (χ4n) is 1.71. The smallest absolute Gasteiger partial charge is 0.130 e. The minimum atomic E-state index is 0.480. The number of aliphatic imine (C=N–C) groups is 2. The summed E-state index contributed by atoms with van der Waals surface area (Å²) in [5, 5.41) is 0. The molecule has 0 saturated heterocycles. The molecule has 0 aromatic rings. The van der Waals surface area contributed by atoms with Gasteiger partial charge < -0.3 is 4.90 Å². The topological polar surface area (TPSA) is 28.0 Å². The van der Waals surface area contributed by atoms with Crippen molar-refractivity contribution in [2.24, 2.45) is 15.9 Å². The van der Waals surface area contributed by atoms with Crippen LogP contribution in [-0.4, -0.2) is 29.7 Å². The van der Waals surface area contributed by atoms with Crippen LogP contribution < -0.4 is 0 Å². The van der Waals surface area contributed by atoms with Crippen LogP contribution in [0.4, 0.5) is 0 Å². The predicted octanol–water partition coefficient (Wildman–Crippen LogP) is 1.67. The number of nitrogens with zero attached hydrogens (tertiary/aromatic N) is 3. The van der Waals surface area contributed by atoms with Crippen molar-refractivity contribution < 1.29 is 0 Å². The largest absolute Gasteiger partial charge is 0.315 e. The highest BCUT2D eigenvalue weighted by Crippen LogP contribution is 2.14. The molecule has 0 aliphatic carbocycles. The first-order valence-electron chi connectivity index (χ1n) is 4.85. The molecule has 0 spiro atoms. The molecular weight excluding hydrogens is 162 g/mol. The Morgan fingerprint density at radius 1 is 1.46 bits per heavy atom. The van der Waals surface area contributed by atoms with Gasteiger partial charge >= 0.3 is 0 Å². The van der Waals surface area contributed by atoms with E-state index < -0.39 is 0 Å². The van der Waals surface area contributed by atoms with Crippen molar-refractivity contribution in [2.45, 2.75) is 20.3 Å². The van der Waals surface area contributed by atoms with Crippen LogP contribution in [0, 0.1) is 5.92 Å². The Hall–Kier alpha value is -1.12. The Morgan fingerprint density at radius 2 is 2.31 bits per heavy atom. The first-order chi connectivity index (χ1) is 6.29. The van der Waals surface area contributed by atoms with Gasteiger partial charge in [0.2, 0.25) is 0 Å². The number of hydrogen-bond acceptors (Lipinski definition) is 3. The minimum absolute atomic E-state index is 0.480. The van der Waals surface area contributed by atoms with Crippen LogP contribution in [0.25, 0.3) is 0 Å². The summed E-state index contributed by atoms with van der Waals surface area (Å²) in [4.78, 5) is 11.1. The Labute approximate surface area is 78.9 Å². The van der Waals surface area contributed by atoms with Crippen molar-refractivity contribution in [1.29, 1.82) is 0 Å². The predicted molar refractivity (Wildman–Crippen MR) is 55.0 cm³/mol. The van der Waals surface area contributed by atoms with Crippen LogP contribution in [-0.2, 0) is 0 Å². The molecule has 2 heterocycles. The van der Waals surface area contributed by atoms with Gasteiger partial charge in [-0.15, -0.1) is 0 Å². The molecule has 0 saturated carbocycles. The number of fused-ring (bicyclic) bond motifs is 1. The fourth-order valence-corrected chi connectivity index (χ4v) is 1.71. The molecule has 70 valence electrons. The molecule has 0 aromatic heterocycles. The average Bonchev–Trinajstić information content (AvgIpc) is 2.17. The summed E-state index contributed by atoms with van der Waals surface area (Å²) in [5.41, 5.74) is 0. The van der Waals surface area contributed by atoms with Gasteiger partial charge in [0.15, 0.2) is 0 Å². The first kappa shape index (κ1) is 8.48. The molecule has 2 aliphatic heterocycles. The molecule has 3 nitrogen and oxygen atoms in total. The van der Waals surface area contributed by atoms with Crippen LogP contribution in [0.5, 0.6) is 0 Å². The molecule has 13 heavy (non-hydrogen) atoms. The van der Waals surface area contributed by atoms with E-state index in [0.29, 0.717) is 5.92 Å². The zero-order valence-corrected chi connectivity index (χ0v) is 8.20. The van der Waals surface area contributed by atoms with E-state index in [9.17, 15) is 0 Å². The maximum atomic E-state index is 4.46. The highest BCUT2D eigenvalue weighted by Gasteiger charge is 2.22. The van der Waals surface area contributed by atoms with E-state index in [1.54, 1.807) is 0 Å². The quantitative estimate of drug-likeness (QED) is 0.598. The lowest BCUT2D eigenvalue weighted by Crippen LogP contribution is -2.43. The highest BCUT2D eigenvalue weighted by atomic mass is 15.3. The molecule has 2 aliphatic rings. The van der Waals surface area contributed by atoms with Crippen LogP contribution in [0.2, 0.25) is 0 Å². The average molecular weight is 177 g/mol. The third kappa shape index (κ3) is 1.50. The molecular formula is C10H15N3. The standard InChI is InChI=1S/C10H15N3/c1-8(2)10-12-6-4-9-11-5-3-7-13(9)10/h4,6,8H,3,5,7H2,1-2H3. The minimum Gasteiger partial charge on any atom is -0.315 e. The van der Waals surface area contributed by atoms with Crippen LogP contribution >= 0.6 is 0 Å². The molecule has 2 rings (SSSR count). The summed E-state index contributed by atoms with van der Waals surface area (Å²) in [5.74, 6) is 2.72. The molecule has 3 heteroatoms. The Morgan fingerprint density at radius 3 is 3.08 bits per heavy atom. The van der Waals surface area contributed by atoms with E-state index in [4.69, 9.17) is 0 Å². The van der Waals surface area contributed by atoms with Crippen LogP contribution in [0.3, 0.4) is 0 Å². The van der Waals surface area contributed by atoms with Crippen LogP contribution in [0.1, 0.15) is 20.3 Å². The van der Waals surface area contributed by atoms with Crippen molar-refractivity contribution >= 4 is 11.7 Å². The fraction of sp³-hybridized carbons (Fsp3) is 0.600. The van der Waals surface area contributed by atoms with Gasteiger partial charge in [-0.3, -0.25) is 4.99 Å². The molecule has 0 aromatic carbocycles. The molecule has 0 unspecified atom stereocenters. The van der Waals surface area contributed by atoms with E-state index in [1.807, 2.05) is 12.3 Å². The Kier molecular flexibility index (Phi) is 2.17. The van der Waals surface area contributed by atoms with E-state index in [0.717, 1.165) is 31.2 Å². The van der Waals surface area contributed by atoms with Gasteiger partial charge in [0.25, 0.3) is 0 Å². The second kappa shape index (κ2) is 3.32. The lowest BCUT2D eigenvalue weighted by Gasteiger charge is -2.32. The van der Waals surface area contributed by atoms with Gasteiger partial charge in [0, 0.05) is 25.2 Å². The van der Waals surface area contributed by atoms with Crippen molar-refractivity contribution in [3.63, 3.8) is 0 Å². The summed E-state index contributed by atoms with van der Waals surface area (Å²) < 4.78 is 0. The van der Waals surface area contributed by atoms with Crippen molar-refractivity contribution in [1.82, 2.24) is 4.90 Å². The van der Waals surface area contributed by atoms with Crippen molar-refractivity contribution in [2.75, 3.05) is 13.1 Å². The van der Waals surface area contributed by atoms with Crippen molar-refractivity contribution in [3.05, 3.63) is 12.3 Å². The van der Waals surface area contributed by atoms with E-state index in [2.05, 4.69) is 28.7 Å². The number of rotatable bonds is 1.